The molecule has 2 heterocycles. The number of anilines is 1. The second-order valence-electron chi connectivity index (χ2n) is 6.50. The molecule has 4 aromatic rings. The molecule has 0 bridgehead atoms. The highest BCUT2D eigenvalue weighted by Gasteiger charge is 2.15. The van der Waals surface area contributed by atoms with E-state index in [1.807, 2.05) is 30.3 Å². The minimum absolute atomic E-state index is 0.0458. The quantitative estimate of drug-likeness (QED) is 0.229. The van der Waals surface area contributed by atoms with Gasteiger partial charge in [-0.15, -0.1) is 0 Å². The maximum absolute atomic E-state index is 12.6. The Morgan fingerprint density at radius 1 is 1.19 bits per heavy atom. The van der Waals surface area contributed by atoms with Crippen LogP contribution in [0, 0.1) is 3.95 Å². The fraction of sp³-hybridized carbons (Fsp3) is 0.143. The third-order valence-electron chi connectivity index (χ3n) is 4.41. The summed E-state index contributed by atoms with van der Waals surface area (Å²) in [5.74, 6) is 0.903. The number of hydrogen-bond acceptors (Lipinski definition) is 8. The van der Waals surface area contributed by atoms with Gasteiger partial charge in [0.15, 0.2) is 14.8 Å². The smallest absolute Gasteiger partial charge is 0.271 e. The zero-order chi connectivity index (χ0) is 22.7. The molecule has 11 heteroatoms. The van der Waals surface area contributed by atoms with Crippen LogP contribution in [0.5, 0.6) is 11.5 Å². The van der Waals surface area contributed by atoms with E-state index < -0.39 is 0 Å². The number of ether oxygens (including phenoxy) is 2. The Hall–Kier alpha value is -3.15. The predicted molar refractivity (Wildman–Crippen MR) is 129 cm³/mol. The Morgan fingerprint density at radius 2 is 1.88 bits per heavy atom. The van der Waals surface area contributed by atoms with Crippen molar-refractivity contribution in [1.82, 2.24) is 14.5 Å². The first-order chi connectivity index (χ1) is 15.5. The van der Waals surface area contributed by atoms with E-state index in [2.05, 4.69) is 15.3 Å². The molecule has 0 spiro atoms. The van der Waals surface area contributed by atoms with Gasteiger partial charge in [-0.1, -0.05) is 41.3 Å². The molecule has 2 aromatic heterocycles. The van der Waals surface area contributed by atoms with Gasteiger partial charge in [-0.3, -0.25) is 14.2 Å². The van der Waals surface area contributed by atoms with Crippen LogP contribution in [0.1, 0.15) is 0 Å². The summed E-state index contributed by atoms with van der Waals surface area (Å²) in [5.41, 5.74) is 1.54. The van der Waals surface area contributed by atoms with E-state index in [-0.39, 0.29) is 17.2 Å². The summed E-state index contributed by atoms with van der Waals surface area (Å²) >= 11 is 7.78. The molecule has 4 rings (SSSR count). The number of rotatable bonds is 7. The van der Waals surface area contributed by atoms with Crippen LogP contribution >= 0.6 is 35.3 Å². The molecule has 8 nitrogen and oxygen atoms in total. The normalized spacial score (nSPS) is 10.8. The van der Waals surface area contributed by atoms with Crippen molar-refractivity contribution in [3.8, 4) is 17.2 Å². The average Bonchev–Trinajstić information content (AvgIpc) is 3.14. The zero-order valence-electron chi connectivity index (χ0n) is 17.1. The molecule has 1 amide bonds. The number of benzene rings is 2. The van der Waals surface area contributed by atoms with E-state index in [1.165, 1.54) is 25.6 Å². The molecule has 32 heavy (non-hydrogen) atoms. The van der Waals surface area contributed by atoms with Gasteiger partial charge in [0.25, 0.3) is 5.56 Å². The average molecular weight is 487 g/mol. The SMILES string of the molecule is COc1cc(NC(=O)CSc2nc3c(sc(=S)n3-c3ccccc3)c(=O)[nH]2)cc(OC)c1. The summed E-state index contributed by atoms with van der Waals surface area (Å²) in [6.07, 6.45) is 0. The van der Waals surface area contributed by atoms with Gasteiger partial charge in [0.1, 0.15) is 16.2 Å². The van der Waals surface area contributed by atoms with Crippen molar-refractivity contribution in [2.24, 2.45) is 0 Å². The first kappa shape index (κ1) is 22.1. The Morgan fingerprint density at radius 3 is 2.53 bits per heavy atom. The molecular weight excluding hydrogens is 468 g/mol. The molecule has 0 radical (unpaired) electrons. The number of carbonyl (C=O) groups is 1. The number of para-hydroxylation sites is 1. The highest BCUT2D eigenvalue weighted by atomic mass is 32.2. The van der Waals surface area contributed by atoms with Gasteiger partial charge < -0.3 is 19.8 Å². The molecule has 0 saturated carbocycles. The molecule has 2 N–H and O–H groups in total. The molecule has 2 aromatic carbocycles. The molecule has 0 fully saturated rings. The first-order valence-corrected chi connectivity index (χ1v) is 11.6. The van der Waals surface area contributed by atoms with E-state index in [4.69, 9.17) is 21.7 Å². The van der Waals surface area contributed by atoms with Crippen LogP contribution in [-0.4, -0.2) is 40.4 Å². The van der Waals surface area contributed by atoms with Gasteiger partial charge in [-0.2, -0.15) is 0 Å². The molecule has 0 unspecified atom stereocenters. The third kappa shape index (κ3) is 4.69. The van der Waals surface area contributed by atoms with Crippen molar-refractivity contribution in [2.45, 2.75) is 5.16 Å². The number of aromatic nitrogens is 3. The fourth-order valence-electron chi connectivity index (χ4n) is 2.98. The number of nitrogens with zero attached hydrogens (tertiary/aromatic N) is 2. The van der Waals surface area contributed by atoms with Crippen LogP contribution < -0.4 is 20.3 Å². The van der Waals surface area contributed by atoms with E-state index >= 15 is 0 Å². The summed E-state index contributed by atoms with van der Waals surface area (Å²) in [5, 5.41) is 3.13. The number of H-pyrrole nitrogens is 1. The predicted octanol–water partition coefficient (Wildman–Crippen LogP) is 4.25. The molecule has 0 aliphatic rings. The van der Waals surface area contributed by atoms with Crippen LogP contribution in [0.2, 0.25) is 0 Å². The van der Waals surface area contributed by atoms with Crippen molar-refractivity contribution in [3.63, 3.8) is 0 Å². The number of methoxy groups -OCH3 is 2. The Kier molecular flexibility index (Phi) is 6.58. The van der Waals surface area contributed by atoms with Gasteiger partial charge in [0.2, 0.25) is 5.91 Å². The Labute approximate surface area is 196 Å². The standard InChI is InChI=1S/C21H18N4O4S3/c1-28-14-8-12(9-15(10-14)29-2)22-16(26)11-31-20-23-18-17(19(27)24-20)32-21(30)25(18)13-6-4-3-5-7-13/h3-10H,11H2,1-2H3,(H,22,26)(H,23,24,27). The lowest BCUT2D eigenvalue weighted by molar-refractivity contribution is -0.113. The van der Waals surface area contributed by atoms with Gasteiger partial charge >= 0.3 is 0 Å². The lowest BCUT2D eigenvalue weighted by Gasteiger charge is -2.10. The minimum atomic E-state index is -0.291. The molecule has 164 valence electrons. The molecular formula is C21H18N4O4S3. The minimum Gasteiger partial charge on any atom is -0.497 e. The Balaban J connectivity index is 1.56. The second-order valence-corrected chi connectivity index (χ2v) is 9.11. The second kappa shape index (κ2) is 9.55. The van der Waals surface area contributed by atoms with Crippen LogP contribution in [0.4, 0.5) is 5.69 Å². The van der Waals surface area contributed by atoms with Gasteiger partial charge in [0.05, 0.1) is 20.0 Å². The van der Waals surface area contributed by atoms with E-state index in [9.17, 15) is 9.59 Å². The third-order valence-corrected chi connectivity index (χ3v) is 6.65. The highest BCUT2D eigenvalue weighted by Crippen LogP contribution is 2.27. The van der Waals surface area contributed by atoms with Crippen molar-refractivity contribution in [2.75, 3.05) is 25.3 Å². The maximum Gasteiger partial charge on any atom is 0.271 e. The van der Waals surface area contributed by atoms with Crippen LogP contribution in [0.15, 0.2) is 58.5 Å². The lowest BCUT2D eigenvalue weighted by Crippen LogP contribution is -2.15. The summed E-state index contributed by atoms with van der Waals surface area (Å²) < 4.78 is 13.2. The number of thioether (sulfide) groups is 1. The van der Waals surface area contributed by atoms with E-state index in [0.717, 1.165) is 17.4 Å². The Bertz CT molecular complexity index is 1370. The molecule has 0 aliphatic heterocycles. The van der Waals surface area contributed by atoms with Gasteiger partial charge in [-0.05, 0) is 24.4 Å². The van der Waals surface area contributed by atoms with Crippen LogP contribution in [-0.2, 0) is 4.79 Å². The molecule has 0 saturated heterocycles. The largest absolute Gasteiger partial charge is 0.497 e. The van der Waals surface area contributed by atoms with Crippen molar-refractivity contribution in [3.05, 3.63) is 62.8 Å². The van der Waals surface area contributed by atoms with Crippen LogP contribution in [0.25, 0.3) is 16.0 Å². The van der Waals surface area contributed by atoms with Gasteiger partial charge in [0, 0.05) is 29.6 Å². The van der Waals surface area contributed by atoms with Gasteiger partial charge in [-0.25, -0.2) is 4.98 Å². The first-order valence-electron chi connectivity index (χ1n) is 9.35. The monoisotopic (exact) mass is 486 g/mol. The summed E-state index contributed by atoms with van der Waals surface area (Å²) in [4.78, 5) is 32.3. The van der Waals surface area contributed by atoms with Crippen molar-refractivity contribution >= 4 is 57.3 Å². The number of hydrogen-bond donors (Lipinski definition) is 2. The number of amides is 1. The zero-order valence-corrected chi connectivity index (χ0v) is 19.5. The lowest BCUT2D eigenvalue weighted by atomic mass is 10.2. The number of fused-ring (bicyclic) bond motifs is 1. The van der Waals surface area contributed by atoms with E-state index in [0.29, 0.717) is 36.6 Å². The number of thiazole rings is 1. The molecule has 0 atom stereocenters. The topological polar surface area (TPSA) is 98.2 Å². The van der Waals surface area contributed by atoms with E-state index in [1.54, 1.807) is 22.8 Å². The summed E-state index contributed by atoms with van der Waals surface area (Å²) in [7, 11) is 3.07. The molecule has 0 aliphatic carbocycles. The highest BCUT2D eigenvalue weighted by molar-refractivity contribution is 7.99. The van der Waals surface area contributed by atoms with Crippen LogP contribution in [0.3, 0.4) is 0 Å². The van der Waals surface area contributed by atoms with Crippen molar-refractivity contribution < 1.29 is 14.3 Å². The number of nitrogens with one attached hydrogen (secondary N) is 2. The summed E-state index contributed by atoms with van der Waals surface area (Å²) in [6, 6.07) is 14.6. The maximum atomic E-state index is 12.6. The summed E-state index contributed by atoms with van der Waals surface area (Å²) in [6.45, 7) is 0. The van der Waals surface area contributed by atoms with Crippen molar-refractivity contribution in [1.29, 1.82) is 0 Å². The fourth-order valence-corrected chi connectivity index (χ4v) is 4.90. The number of aromatic amines is 1. The number of carbonyl (C=O) groups excluding carboxylic acids is 1.